The van der Waals surface area contributed by atoms with Crippen molar-refractivity contribution in [2.75, 3.05) is 7.05 Å². The first-order chi connectivity index (χ1) is 8.75. The summed E-state index contributed by atoms with van der Waals surface area (Å²) in [7, 11) is 1.82. The van der Waals surface area contributed by atoms with Crippen molar-refractivity contribution in [1.29, 1.82) is 0 Å². The monoisotopic (exact) mass is 263 g/mol. The number of hydrogen-bond acceptors (Lipinski definition) is 3. The van der Waals surface area contributed by atoms with Crippen molar-refractivity contribution in [3.63, 3.8) is 0 Å². The molecule has 0 fully saturated rings. The van der Waals surface area contributed by atoms with Gasteiger partial charge in [-0.15, -0.1) is 11.3 Å². The Morgan fingerprint density at radius 3 is 3.11 bits per heavy atom. The zero-order chi connectivity index (χ0) is 12.8. The lowest BCUT2D eigenvalue weighted by Crippen LogP contribution is -2.26. The molecule has 2 rings (SSSR count). The minimum atomic E-state index is 0.169. The summed E-state index contributed by atoms with van der Waals surface area (Å²) in [6, 6.07) is 4.16. The summed E-state index contributed by atoms with van der Waals surface area (Å²) >= 11 is 1.75. The van der Waals surface area contributed by atoms with Gasteiger partial charge in [0.1, 0.15) is 5.82 Å². The number of aryl methyl sites for hydroxylation is 1. The van der Waals surface area contributed by atoms with E-state index in [4.69, 9.17) is 0 Å². The standard InChI is InChI=1S/C13H17N3OS/c1-16(10-12-14-7-8-15-12)13(17)6-2-4-11-5-3-9-18-11/h3,5,7-9H,2,4,6,10H2,1H3,(H,14,15). The minimum Gasteiger partial charge on any atom is -0.347 e. The highest BCUT2D eigenvalue weighted by atomic mass is 32.1. The van der Waals surface area contributed by atoms with Gasteiger partial charge in [0.2, 0.25) is 5.91 Å². The summed E-state index contributed by atoms with van der Waals surface area (Å²) in [6.07, 6.45) is 5.95. The van der Waals surface area contributed by atoms with Crippen LogP contribution in [0.4, 0.5) is 0 Å². The quantitative estimate of drug-likeness (QED) is 0.870. The molecule has 18 heavy (non-hydrogen) atoms. The molecular weight excluding hydrogens is 246 g/mol. The van der Waals surface area contributed by atoms with Crippen LogP contribution < -0.4 is 0 Å². The molecule has 0 bridgehead atoms. The number of aromatic amines is 1. The van der Waals surface area contributed by atoms with Gasteiger partial charge in [-0.05, 0) is 24.3 Å². The van der Waals surface area contributed by atoms with E-state index in [0.29, 0.717) is 13.0 Å². The zero-order valence-electron chi connectivity index (χ0n) is 10.4. The van der Waals surface area contributed by atoms with E-state index in [9.17, 15) is 4.79 Å². The topological polar surface area (TPSA) is 49.0 Å². The Hall–Kier alpha value is -1.62. The molecule has 5 heteroatoms. The van der Waals surface area contributed by atoms with Gasteiger partial charge in [-0.25, -0.2) is 4.98 Å². The van der Waals surface area contributed by atoms with Crippen molar-refractivity contribution in [2.45, 2.75) is 25.8 Å². The van der Waals surface area contributed by atoms with Gasteiger partial charge in [-0.1, -0.05) is 6.07 Å². The van der Waals surface area contributed by atoms with E-state index in [-0.39, 0.29) is 5.91 Å². The number of thiophene rings is 1. The SMILES string of the molecule is CN(Cc1ncc[nH]1)C(=O)CCCc1cccs1. The predicted molar refractivity (Wildman–Crippen MR) is 72.3 cm³/mol. The van der Waals surface area contributed by atoms with Crippen molar-refractivity contribution >= 4 is 17.2 Å². The van der Waals surface area contributed by atoms with E-state index < -0.39 is 0 Å². The molecule has 0 spiro atoms. The Bertz CT molecular complexity index is 464. The highest BCUT2D eigenvalue weighted by Gasteiger charge is 2.10. The number of carbonyl (C=O) groups is 1. The second-order valence-corrected chi connectivity index (χ2v) is 5.25. The number of nitrogens with one attached hydrogen (secondary N) is 1. The Morgan fingerprint density at radius 1 is 1.56 bits per heavy atom. The van der Waals surface area contributed by atoms with Crippen LogP contribution in [0, 0.1) is 0 Å². The average Bonchev–Trinajstić information content (AvgIpc) is 3.01. The lowest BCUT2D eigenvalue weighted by molar-refractivity contribution is -0.130. The fourth-order valence-corrected chi connectivity index (χ4v) is 2.51. The second kappa shape index (κ2) is 6.35. The van der Waals surface area contributed by atoms with Crippen molar-refractivity contribution in [3.05, 3.63) is 40.6 Å². The minimum absolute atomic E-state index is 0.169. The van der Waals surface area contributed by atoms with Gasteiger partial charge >= 0.3 is 0 Å². The molecule has 96 valence electrons. The summed E-state index contributed by atoms with van der Waals surface area (Å²) in [5.41, 5.74) is 0. The van der Waals surface area contributed by atoms with Crippen LogP contribution in [-0.4, -0.2) is 27.8 Å². The summed E-state index contributed by atoms with van der Waals surface area (Å²) in [5, 5.41) is 2.07. The van der Waals surface area contributed by atoms with Gasteiger partial charge in [0.25, 0.3) is 0 Å². The number of aromatic nitrogens is 2. The maximum Gasteiger partial charge on any atom is 0.222 e. The summed E-state index contributed by atoms with van der Waals surface area (Å²) in [5.74, 6) is 0.993. The van der Waals surface area contributed by atoms with Gasteiger partial charge < -0.3 is 9.88 Å². The van der Waals surface area contributed by atoms with Crippen molar-refractivity contribution in [2.24, 2.45) is 0 Å². The molecule has 0 aliphatic rings. The third kappa shape index (κ3) is 3.70. The molecular formula is C13H17N3OS. The molecule has 1 N–H and O–H groups in total. The van der Waals surface area contributed by atoms with Crippen LogP contribution in [0.15, 0.2) is 29.9 Å². The van der Waals surface area contributed by atoms with E-state index in [0.717, 1.165) is 18.7 Å². The number of amides is 1. The molecule has 2 heterocycles. The normalized spacial score (nSPS) is 10.5. The average molecular weight is 263 g/mol. The van der Waals surface area contributed by atoms with E-state index >= 15 is 0 Å². The number of carbonyl (C=O) groups excluding carboxylic acids is 1. The second-order valence-electron chi connectivity index (χ2n) is 4.22. The van der Waals surface area contributed by atoms with Gasteiger partial charge in [0.15, 0.2) is 0 Å². The fourth-order valence-electron chi connectivity index (χ4n) is 1.76. The van der Waals surface area contributed by atoms with Crippen LogP contribution >= 0.6 is 11.3 Å². The largest absolute Gasteiger partial charge is 0.347 e. The molecule has 2 aromatic rings. The van der Waals surface area contributed by atoms with Gasteiger partial charge in [-0.3, -0.25) is 4.79 Å². The number of rotatable bonds is 6. The van der Waals surface area contributed by atoms with E-state index in [1.165, 1.54) is 4.88 Å². The fraction of sp³-hybridized carbons (Fsp3) is 0.385. The smallest absolute Gasteiger partial charge is 0.222 e. The van der Waals surface area contributed by atoms with E-state index in [1.807, 2.05) is 13.1 Å². The number of nitrogens with zero attached hydrogens (tertiary/aromatic N) is 2. The van der Waals surface area contributed by atoms with Gasteiger partial charge in [0, 0.05) is 30.7 Å². The number of H-pyrrole nitrogens is 1. The Labute approximate surface area is 111 Å². The van der Waals surface area contributed by atoms with Gasteiger partial charge in [0.05, 0.1) is 6.54 Å². The molecule has 0 unspecified atom stereocenters. The first-order valence-corrected chi connectivity index (χ1v) is 6.88. The molecule has 0 aromatic carbocycles. The van der Waals surface area contributed by atoms with Crippen LogP contribution in [0.1, 0.15) is 23.5 Å². The van der Waals surface area contributed by atoms with Crippen LogP contribution in [0.25, 0.3) is 0 Å². The molecule has 1 amide bonds. The number of hydrogen-bond donors (Lipinski definition) is 1. The third-order valence-corrected chi connectivity index (χ3v) is 3.70. The molecule has 0 saturated heterocycles. The third-order valence-electron chi connectivity index (χ3n) is 2.76. The summed E-state index contributed by atoms with van der Waals surface area (Å²) in [6.45, 7) is 0.546. The van der Waals surface area contributed by atoms with Crippen LogP contribution in [-0.2, 0) is 17.8 Å². The van der Waals surface area contributed by atoms with Crippen molar-refractivity contribution < 1.29 is 4.79 Å². The summed E-state index contributed by atoms with van der Waals surface area (Å²) in [4.78, 5) is 22.1. The van der Waals surface area contributed by atoms with E-state index in [2.05, 4.69) is 21.4 Å². The van der Waals surface area contributed by atoms with Crippen molar-refractivity contribution in [3.8, 4) is 0 Å². The Balaban J connectivity index is 1.70. The van der Waals surface area contributed by atoms with E-state index in [1.54, 1.807) is 28.6 Å². The lowest BCUT2D eigenvalue weighted by Gasteiger charge is -2.15. The van der Waals surface area contributed by atoms with Crippen molar-refractivity contribution in [1.82, 2.24) is 14.9 Å². The van der Waals surface area contributed by atoms with Crippen LogP contribution in [0.5, 0.6) is 0 Å². The lowest BCUT2D eigenvalue weighted by atomic mass is 10.2. The highest BCUT2D eigenvalue weighted by molar-refractivity contribution is 7.09. The zero-order valence-corrected chi connectivity index (χ0v) is 11.2. The molecule has 0 atom stereocenters. The molecule has 2 aromatic heterocycles. The predicted octanol–water partition coefficient (Wildman–Crippen LogP) is 2.45. The Morgan fingerprint density at radius 2 is 2.44 bits per heavy atom. The molecule has 0 aliphatic heterocycles. The highest BCUT2D eigenvalue weighted by Crippen LogP contribution is 2.12. The Kier molecular flexibility index (Phi) is 4.52. The van der Waals surface area contributed by atoms with Crippen LogP contribution in [0.3, 0.4) is 0 Å². The maximum absolute atomic E-state index is 11.9. The molecule has 0 saturated carbocycles. The number of imidazole rings is 1. The molecule has 0 radical (unpaired) electrons. The van der Waals surface area contributed by atoms with Gasteiger partial charge in [-0.2, -0.15) is 0 Å². The maximum atomic E-state index is 11.9. The molecule has 4 nitrogen and oxygen atoms in total. The molecule has 0 aliphatic carbocycles. The first kappa shape index (κ1) is 12.8. The van der Waals surface area contributed by atoms with Crippen LogP contribution in [0.2, 0.25) is 0 Å². The first-order valence-electron chi connectivity index (χ1n) is 6.00. The summed E-state index contributed by atoms with van der Waals surface area (Å²) < 4.78 is 0.